The molecular weight excluding hydrogens is 347 g/mol. The lowest BCUT2D eigenvalue weighted by atomic mass is 10.1. The van der Waals surface area contributed by atoms with Crippen LogP contribution in [0, 0.1) is 6.92 Å². The molecule has 0 radical (unpaired) electrons. The SMILES string of the molecule is Cc1nc(-c2ccc(Cl)c(Cl)c2)n(Cc2ccc(C(N)=O)cc2)n1. The van der Waals surface area contributed by atoms with Gasteiger partial charge in [0.25, 0.3) is 0 Å². The molecule has 2 aromatic carbocycles. The van der Waals surface area contributed by atoms with Gasteiger partial charge in [-0.05, 0) is 42.8 Å². The quantitative estimate of drug-likeness (QED) is 0.770. The number of carbonyl (C=O) groups excluding carboxylic acids is 1. The van der Waals surface area contributed by atoms with Crippen molar-refractivity contribution in [1.82, 2.24) is 14.8 Å². The van der Waals surface area contributed by atoms with Crippen LogP contribution in [0.15, 0.2) is 42.5 Å². The fourth-order valence-electron chi connectivity index (χ4n) is 2.36. The molecule has 1 heterocycles. The molecule has 0 saturated carbocycles. The van der Waals surface area contributed by atoms with E-state index in [-0.39, 0.29) is 0 Å². The normalized spacial score (nSPS) is 10.8. The number of nitrogens with zero attached hydrogens (tertiary/aromatic N) is 3. The summed E-state index contributed by atoms with van der Waals surface area (Å²) in [5.41, 5.74) is 7.54. The van der Waals surface area contributed by atoms with Gasteiger partial charge in [-0.2, -0.15) is 5.10 Å². The highest BCUT2D eigenvalue weighted by atomic mass is 35.5. The van der Waals surface area contributed by atoms with E-state index in [0.29, 0.717) is 33.8 Å². The number of benzene rings is 2. The molecule has 2 N–H and O–H groups in total. The van der Waals surface area contributed by atoms with Gasteiger partial charge < -0.3 is 5.73 Å². The summed E-state index contributed by atoms with van der Waals surface area (Å²) in [6.07, 6.45) is 0. The van der Waals surface area contributed by atoms with Crippen LogP contribution in [0.3, 0.4) is 0 Å². The molecule has 3 rings (SSSR count). The molecule has 3 aromatic rings. The number of hydrogen-bond donors (Lipinski definition) is 1. The smallest absolute Gasteiger partial charge is 0.248 e. The highest BCUT2D eigenvalue weighted by molar-refractivity contribution is 6.42. The Morgan fingerprint density at radius 1 is 1.12 bits per heavy atom. The molecule has 24 heavy (non-hydrogen) atoms. The zero-order valence-electron chi connectivity index (χ0n) is 12.8. The number of primary amides is 1. The first-order chi connectivity index (χ1) is 11.4. The Morgan fingerprint density at radius 2 is 1.83 bits per heavy atom. The predicted octanol–water partition coefficient (Wildman–Crippen LogP) is 3.71. The Labute approximate surface area is 149 Å². The first-order valence-electron chi connectivity index (χ1n) is 7.19. The summed E-state index contributed by atoms with van der Waals surface area (Å²) >= 11 is 12.1. The van der Waals surface area contributed by atoms with Crippen molar-refractivity contribution in [1.29, 1.82) is 0 Å². The Balaban J connectivity index is 1.94. The van der Waals surface area contributed by atoms with Crippen molar-refractivity contribution in [3.63, 3.8) is 0 Å². The van der Waals surface area contributed by atoms with Crippen LogP contribution in [0.5, 0.6) is 0 Å². The number of aryl methyl sites for hydroxylation is 1. The molecule has 0 spiro atoms. The van der Waals surface area contributed by atoms with Crippen molar-refractivity contribution in [2.24, 2.45) is 5.73 Å². The average molecular weight is 361 g/mol. The van der Waals surface area contributed by atoms with Crippen molar-refractivity contribution >= 4 is 29.1 Å². The fourth-order valence-corrected chi connectivity index (χ4v) is 2.66. The summed E-state index contributed by atoms with van der Waals surface area (Å²) in [5.74, 6) is 0.907. The Kier molecular flexibility index (Phi) is 4.55. The Bertz CT molecular complexity index is 903. The van der Waals surface area contributed by atoms with Gasteiger partial charge in [0.1, 0.15) is 5.82 Å². The molecule has 0 atom stereocenters. The Hall–Kier alpha value is -2.37. The summed E-state index contributed by atoms with van der Waals surface area (Å²) in [4.78, 5) is 15.6. The lowest BCUT2D eigenvalue weighted by Crippen LogP contribution is -2.11. The van der Waals surface area contributed by atoms with Crippen molar-refractivity contribution in [3.8, 4) is 11.4 Å². The van der Waals surface area contributed by atoms with Crippen molar-refractivity contribution in [3.05, 3.63) is 69.5 Å². The maximum Gasteiger partial charge on any atom is 0.248 e. The highest BCUT2D eigenvalue weighted by Crippen LogP contribution is 2.28. The second-order valence-electron chi connectivity index (χ2n) is 5.33. The minimum atomic E-state index is -0.449. The molecule has 5 nitrogen and oxygen atoms in total. The van der Waals surface area contributed by atoms with Crippen LogP contribution >= 0.6 is 23.2 Å². The molecule has 0 fully saturated rings. The third kappa shape index (κ3) is 3.42. The van der Waals surface area contributed by atoms with Gasteiger partial charge in [-0.3, -0.25) is 4.79 Å². The van der Waals surface area contributed by atoms with Crippen molar-refractivity contribution < 1.29 is 4.79 Å². The van der Waals surface area contributed by atoms with Crippen LogP contribution in [0.1, 0.15) is 21.7 Å². The van der Waals surface area contributed by atoms with E-state index in [1.54, 1.807) is 28.9 Å². The second kappa shape index (κ2) is 6.63. The molecular formula is C17H14Cl2N4O. The summed E-state index contributed by atoms with van der Waals surface area (Å²) < 4.78 is 1.79. The van der Waals surface area contributed by atoms with E-state index in [1.807, 2.05) is 25.1 Å². The molecule has 0 aliphatic carbocycles. The third-order valence-electron chi connectivity index (χ3n) is 3.53. The molecule has 0 aliphatic rings. The zero-order valence-corrected chi connectivity index (χ0v) is 14.3. The lowest BCUT2D eigenvalue weighted by molar-refractivity contribution is 0.100. The van der Waals surface area contributed by atoms with E-state index < -0.39 is 5.91 Å². The fraction of sp³-hybridized carbons (Fsp3) is 0.118. The molecule has 0 aliphatic heterocycles. The number of rotatable bonds is 4. The van der Waals surface area contributed by atoms with E-state index in [1.165, 1.54) is 0 Å². The van der Waals surface area contributed by atoms with Crippen LogP contribution in [0.25, 0.3) is 11.4 Å². The number of carbonyl (C=O) groups is 1. The first kappa shape index (κ1) is 16.5. The van der Waals surface area contributed by atoms with Crippen LogP contribution in [-0.2, 0) is 6.54 Å². The minimum Gasteiger partial charge on any atom is -0.366 e. The number of nitrogens with two attached hydrogens (primary N) is 1. The predicted molar refractivity (Wildman–Crippen MR) is 94.3 cm³/mol. The maximum atomic E-state index is 11.1. The van der Waals surface area contributed by atoms with E-state index in [9.17, 15) is 4.79 Å². The minimum absolute atomic E-state index is 0.449. The highest BCUT2D eigenvalue weighted by Gasteiger charge is 2.12. The van der Waals surface area contributed by atoms with Crippen molar-refractivity contribution in [2.45, 2.75) is 13.5 Å². The molecule has 0 saturated heterocycles. The van der Waals surface area contributed by atoms with Crippen LogP contribution in [0.4, 0.5) is 0 Å². The van der Waals surface area contributed by atoms with Gasteiger partial charge in [0, 0.05) is 11.1 Å². The van der Waals surface area contributed by atoms with Gasteiger partial charge in [0.15, 0.2) is 5.82 Å². The molecule has 0 unspecified atom stereocenters. The number of hydrogen-bond acceptors (Lipinski definition) is 3. The van der Waals surface area contributed by atoms with Gasteiger partial charge in [-0.1, -0.05) is 35.3 Å². The zero-order chi connectivity index (χ0) is 17.3. The standard InChI is InChI=1S/C17H14Cl2N4O/c1-10-21-17(13-6-7-14(18)15(19)8-13)23(22-10)9-11-2-4-12(5-3-11)16(20)24/h2-8H,9H2,1H3,(H2,20,24). The van der Waals surface area contributed by atoms with Gasteiger partial charge in [0.05, 0.1) is 16.6 Å². The van der Waals surface area contributed by atoms with Gasteiger partial charge in [-0.25, -0.2) is 9.67 Å². The Morgan fingerprint density at radius 3 is 2.46 bits per heavy atom. The van der Waals surface area contributed by atoms with Gasteiger partial charge in [-0.15, -0.1) is 0 Å². The lowest BCUT2D eigenvalue weighted by Gasteiger charge is -2.07. The van der Waals surface area contributed by atoms with E-state index in [0.717, 1.165) is 11.1 Å². The molecule has 7 heteroatoms. The number of aromatic nitrogens is 3. The molecule has 1 amide bonds. The van der Waals surface area contributed by atoms with E-state index in [4.69, 9.17) is 28.9 Å². The summed E-state index contributed by atoms with van der Waals surface area (Å²) in [5, 5.41) is 5.39. The monoisotopic (exact) mass is 360 g/mol. The molecule has 122 valence electrons. The average Bonchev–Trinajstić information content (AvgIpc) is 2.91. The van der Waals surface area contributed by atoms with Crippen LogP contribution < -0.4 is 5.73 Å². The topological polar surface area (TPSA) is 73.8 Å². The van der Waals surface area contributed by atoms with E-state index >= 15 is 0 Å². The van der Waals surface area contributed by atoms with E-state index in [2.05, 4.69) is 10.1 Å². The van der Waals surface area contributed by atoms with Gasteiger partial charge >= 0.3 is 0 Å². The second-order valence-corrected chi connectivity index (χ2v) is 6.14. The summed E-state index contributed by atoms with van der Waals surface area (Å²) in [7, 11) is 0. The summed E-state index contributed by atoms with van der Waals surface area (Å²) in [6.45, 7) is 2.34. The van der Waals surface area contributed by atoms with Crippen LogP contribution in [-0.4, -0.2) is 20.7 Å². The third-order valence-corrected chi connectivity index (χ3v) is 4.27. The number of halogens is 2. The molecule has 0 bridgehead atoms. The van der Waals surface area contributed by atoms with Crippen molar-refractivity contribution in [2.75, 3.05) is 0 Å². The summed E-state index contributed by atoms with van der Waals surface area (Å²) in [6, 6.07) is 12.4. The largest absolute Gasteiger partial charge is 0.366 e. The molecule has 1 aromatic heterocycles. The van der Waals surface area contributed by atoms with Gasteiger partial charge in [0.2, 0.25) is 5.91 Å². The first-order valence-corrected chi connectivity index (χ1v) is 7.95. The number of amides is 1. The maximum absolute atomic E-state index is 11.1. The van der Waals surface area contributed by atoms with Crippen LogP contribution in [0.2, 0.25) is 10.0 Å².